The van der Waals surface area contributed by atoms with Crippen molar-refractivity contribution in [3.63, 3.8) is 0 Å². The number of amides is 1. The van der Waals surface area contributed by atoms with Gasteiger partial charge in [0.25, 0.3) is 0 Å². The summed E-state index contributed by atoms with van der Waals surface area (Å²) >= 11 is 0. The molecule has 3 rings (SSSR count). The fourth-order valence-corrected chi connectivity index (χ4v) is 6.10. The number of sulfonamides is 1. The van der Waals surface area contributed by atoms with Gasteiger partial charge in [-0.25, -0.2) is 8.42 Å². The minimum absolute atomic E-state index is 0.150. The lowest BCUT2D eigenvalue weighted by atomic mass is 9.95. The summed E-state index contributed by atoms with van der Waals surface area (Å²) < 4.78 is 28.7. The van der Waals surface area contributed by atoms with Crippen molar-refractivity contribution in [1.29, 1.82) is 0 Å². The molecule has 5 nitrogen and oxygen atoms in total. The maximum absolute atomic E-state index is 13.7. The molecular weight excluding hydrogens is 360 g/mol. The molecule has 0 aliphatic carbocycles. The van der Waals surface area contributed by atoms with Crippen LogP contribution in [-0.2, 0) is 27.8 Å². The third-order valence-electron chi connectivity index (χ3n) is 6.03. The molecule has 1 aliphatic rings. The SMILES string of the molecule is Cc1c(C)c(C)c(S(=O)(=O)N2Cc3ccccc3C[C@H]2C(N)=O)c(C)c1C. The van der Waals surface area contributed by atoms with Crippen LogP contribution in [0, 0.1) is 34.6 Å². The second kappa shape index (κ2) is 6.77. The van der Waals surface area contributed by atoms with Crippen molar-refractivity contribution in [3.05, 3.63) is 63.2 Å². The van der Waals surface area contributed by atoms with E-state index in [1.807, 2.05) is 58.9 Å². The van der Waals surface area contributed by atoms with E-state index in [9.17, 15) is 13.2 Å². The first kappa shape index (κ1) is 19.6. The molecule has 1 heterocycles. The number of benzene rings is 2. The summed E-state index contributed by atoms with van der Waals surface area (Å²) in [6.45, 7) is 9.69. The van der Waals surface area contributed by atoms with Crippen LogP contribution in [-0.4, -0.2) is 24.7 Å². The first-order valence-corrected chi connectivity index (χ1v) is 10.5. The van der Waals surface area contributed by atoms with Gasteiger partial charge in [0.1, 0.15) is 6.04 Å². The van der Waals surface area contributed by atoms with E-state index in [-0.39, 0.29) is 6.54 Å². The van der Waals surface area contributed by atoms with Crippen LogP contribution in [0.25, 0.3) is 0 Å². The Morgan fingerprint density at radius 3 is 1.93 bits per heavy atom. The van der Waals surface area contributed by atoms with E-state index < -0.39 is 22.0 Å². The molecule has 0 bridgehead atoms. The molecule has 0 saturated heterocycles. The van der Waals surface area contributed by atoms with Crippen molar-refractivity contribution >= 4 is 15.9 Å². The van der Waals surface area contributed by atoms with E-state index in [0.717, 1.165) is 38.9 Å². The fourth-order valence-electron chi connectivity index (χ4n) is 3.96. The Kier molecular flexibility index (Phi) is 4.91. The largest absolute Gasteiger partial charge is 0.368 e. The Labute approximate surface area is 161 Å². The van der Waals surface area contributed by atoms with Crippen LogP contribution in [0.15, 0.2) is 29.2 Å². The average molecular weight is 387 g/mol. The molecule has 2 N–H and O–H groups in total. The second-order valence-electron chi connectivity index (χ2n) is 7.40. The lowest BCUT2D eigenvalue weighted by Gasteiger charge is -2.35. The number of primary amides is 1. The maximum Gasteiger partial charge on any atom is 0.244 e. The van der Waals surface area contributed by atoms with Gasteiger partial charge < -0.3 is 5.73 Å². The average Bonchev–Trinajstić information content (AvgIpc) is 2.63. The zero-order chi connectivity index (χ0) is 20.1. The normalized spacial score (nSPS) is 17.6. The number of carbonyl (C=O) groups excluding carboxylic acids is 1. The Morgan fingerprint density at radius 1 is 0.926 bits per heavy atom. The molecule has 1 atom stereocenters. The molecule has 6 heteroatoms. The highest BCUT2D eigenvalue weighted by Crippen LogP contribution is 2.35. The summed E-state index contributed by atoms with van der Waals surface area (Å²) in [4.78, 5) is 12.4. The monoisotopic (exact) mass is 386 g/mol. The van der Waals surface area contributed by atoms with Gasteiger partial charge in [0, 0.05) is 6.54 Å². The van der Waals surface area contributed by atoms with Gasteiger partial charge in [-0.05, 0) is 80.0 Å². The van der Waals surface area contributed by atoms with Gasteiger partial charge in [0.05, 0.1) is 4.90 Å². The van der Waals surface area contributed by atoms with E-state index in [4.69, 9.17) is 5.73 Å². The minimum Gasteiger partial charge on any atom is -0.368 e. The Balaban J connectivity index is 2.22. The predicted octanol–water partition coefficient (Wildman–Crippen LogP) is 2.83. The summed E-state index contributed by atoms with van der Waals surface area (Å²) in [5.74, 6) is -0.621. The first-order valence-electron chi connectivity index (χ1n) is 9.02. The minimum atomic E-state index is -3.89. The number of fused-ring (bicyclic) bond motifs is 1. The third kappa shape index (κ3) is 3.07. The molecular formula is C21H26N2O3S. The molecule has 0 radical (unpaired) electrons. The molecule has 1 amide bonds. The Hall–Kier alpha value is -2.18. The second-order valence-corrected chi connectivity index (χ2v) is 9.22. The molecule has 0 fully saturated rings. The summed E-state index contributed by atoms with van der Waals surface area (Å²) in [7, 11) is -3.89. The lowest BCUT2D eigenvalue weighted by molar-refractivity contribution is -0.122. The van der Waals surface area contributed by atoms with E-state index >= 15 is 0 Å². The zero-order valence-corrected chi connectivity index (χ0v) is 17.3. The fraction of sp³-hybridized carbons (Fsp3) is 0.381. The van der Waals surface area contributed by atoms with Crippen LogP contribution in [0.4, 0.5) is 0 Å². The van der Waals surface area contributed by atoms with Crippen molar-refractivity contribution < 1.29 is 13.2 Å². The van der Waals surface area contributed by atoms with E-state index in [1.165, 1.54) is 4.31 Å². The number of hydrogen-bond donors (Lipinski definition) is 1. The summed E-state index contributed by atoms with van der Waals surface area (Å²) in [6, 6.07) is 6.71. The van der Waals surface area contributed by atoms with Crippen molar-refractivity contribution in [1.82, 2.24) is 4.31 Å². The van der Waals surface area contributed by atoms with Crippen molar-refractivity contribution in [2.75, 3.05) is 0 Å². The molecule has 0 unspecified atom stereocenters. The smallest absolute Gasteiger partial charge is 0.244 e. The van der Waals surface area contributed by atoms with Crippen LogP contribution in [0.1, 0.15) is 38.9 Å². The van der Waals surface area contributed by atoms with E-state index in [0.29, 0.717) is 11.3 Å². The quantitative estimate of drug-likeness (QED) is 0.881. The number of nitrogens with zero attached hydrogens (tertiary/aromatic N) is 1. The molecule has 144 valence electrons. The maximum atomic E-state index is 13.7. The van der Waals surface area contributed by atoms with Gasteiger partial charge in [-0.15, -0.1) is 0 Å². The van der Waals surface area contributed by atoms with Crippen LogP contribution in [0.2, 0.25) is 0 Å². The first-order chi connectivity index (χ1) is 12.6. The van der Waals surface area contributed by atoms with Gasteiger partial charge in [0.15, 0.2) is 0 Å². The number of carbonyl (C=O) groups is 1. The van der Waals surface area contributed by atoms with Gasteiger partial charge >= 0.3 is 0 Å². The number of nitrogens with two attached hydrogens (primary N) is 1. The highest BCUT2D eigenvalue weighted by Gasteiger charge is 2.40. The van der Waals surface area contributed by atoms with E-state index in [2.05, 4.69) is 0 Å². The third-order valence-corrected chi connectivity index (χ3v) is 8.16. The van der Waals surface area contributed by atoms with Gasteiger partial charge in [0.2, 0.25) is 15.9 Å². The molecule has 27 heavy (non-hydrogen) atoms. The Morgan fingerprint density at radius 2 is 1.41 bits per heavy atom. The summed E-state index contributed by atoms with van der Waals surface area (Å²) in [5.41, 5.74) is 12.0. The topological polar surface area (TPSA) is 80.5 Å². The van der Waals surface area contributed by atoms with Gasteiger partial charge in [-0.3, -0.25) is 4.79 Å². The molecule has 0 aromatic heterocycles. The standard InChI is InChI=1S/C21H26N2O3S/c1-12-13(2)15(4)20(16(5)14(12)3)27(25,26)23-11-18-9-7-6-8-17(18)10-19(23)21(22)24/h6-9,19H,10-11H2,1-5H3,(H2,22,24)/t19-/m0/s1. The van der Waals surface area contributed by atoms with Crippen molar-refractivity contribution in [3.8, 4) is 0 Å². The number of rotatable bonds is 3. The summed E-state index contributed by atoms with van der Waals surface area (Å²) in [5, 5.41) is 0. The molecule has 2 aromatic carbocycles. The highest BCUT2D eigenvalue weighted by molar-refractivity contribution is 7.89. The molecule has 0 saturated carbocycles. The van der Waals surface area contributed by atoms with Crippen molar-refractivity contribution in [2.45, 2.75) is 58.5 Å². The molecule has 2 aromatic rings. The molecule has 1 aliphatic heterocycles. The van der Waals surface area contributed by atoms with Crippen LogP contribution in [0.3, 0.4) is 0 Å². The lowest BCUT2D eigenvalue weighted by Crippen LogP contribution is -2.51. The van der Waals surface area contributed by atoms with Crippen molar-refractivity contribution in [2.24, 2.45) is 5.73 Å². The van der Waals surface area contributed by atoms with Gasteiger partial charge in [-0.2, -0.15) is 4.31 Å². The highest BCUT2D eigenvalue weighted by atomic mass is 32.2. The van der Waals surface area contributed by atoms with Crippen LogP contribution in [0.5, 0.6) is 0 Å². The summed E-state index contributed by atoms with van der Waals surface area (Å²) in [6.07, 6.45) is 0.298. The Bertz CT molecular complexity index is 1010. The van der Waals surface area contributed by atoms with E-state index in [1.54, 1.807) is 0 Å². The molecule has 0 spiro atoms. The van der Waals surface area contributed by atoms with Crippen LogP contribution >= 0.6 is 0 Å². The van der Waals surface area contributed by atoms with Crippen LogP contribution < -0.4 is 5.73 Å². The predicted molar refractivity (Wildman–Crippen MR) is 106 cm³/mol. The van der Waals surface area contributed by atoms with Gasteiger partial charge in [-0.1, -0.05) is 24.3 Å². The zero-order valence-electron chi connectivity index (χ0n) is 16.5. The number of hydrogen-bond acceptors (Lipinski definition) is 3.